The molecule has 2 N–H and O–H groups in total. The lowest BCUT2D eigenvalue weighted by molar-refractivity contribution is 0.228. The van der Waals surface area contributed by atoms with Gasteiger partial charge in [-0.05, 0) is 13.0 Å². The SMILES string of the molecule is C=CCOS(=O)(=O)OCCCN. The van der Waals surface area contributed by atoms with Crippen LogP contribution in [0.2, 0.25) is 0 Å². The van der Waals surface area contributed by atoms with Crippen molar-refractivity contribution in [2.45, 2.75) is 6.42 Å². The molecule has 0 aliphatic heterocycles. The summed E-state index contributed by atoms with van der Waals surface area (Å²) in [6.45, 7) is 3.65. The molecule has 0 heterocycles. The van der Waals surface area contributed by atoms with Crippen molar-refractivity contribution in [2.75, 3.05) is 19.8 Å². The van der Waals surface area contributed by atoms with E-state index in [0.29, 0.717) is 13.0 Å². The molecule has 0 spiro atoms. The number of hydrogen-bond acceptors (Lipinski definition) is 5. The number of rotatable bonds is 7. The first-order valence-electron chi connectivity index (χ1n) is 3.47. The van der Waals surface area contributed by atoms with Crippen LogP contribution in [0.5, 0.6) is 0 Å². The molecular weight excluding hydrogens is 182 g/mol. The highest BCUT2D eigenvalue weighted by Crippen LogP contribution is 1.96. The second kappa shape index (κ2) is 6.13. The van der Waals surface area contributed by atoms with E-state index in [1.165, 1.54) is 6.08 Å². The lowest BCUT2D eigenvalue weighted by Gasteiger charge is -2.02. The number of nitrogens with two attached hydrogens (primary N) is 1. The third-order valence-corrected chi connectivity index (χ3v) is 1.79. The molecule has 0 fully saturated rings. The van der Waals surface area contributed by atoms with Crippen LogP contribution in [-0.2, 0) is 18.8 Å². The largest absolute Gasteiger partial charge is 0.400 e. The van der Waals surface area contributed by atoms with Gasteiger partial charge in [0.1, 0.15) is 0 Å². The van der Waals surface area contributed by atoms with E-state index in [9.17, 15) is 8.42 Å². The van der Waals surface area contributed by atoms with Gasteiger partial charge in [-0.2, -0.15) is 8.42 Å². The summed E-state index contributed by atoms with van der Waals surface area (Å²) in [6, 6.07) is 0. The fraction of sp³-hybridized carbons (Fsp3) is 0.667. The summed E-state index contributed by atoms with van der Waals surface area (Å²) in [7, 11) is -3.84. The van der Waals surface area contributed by atoms with E-state index in [1.54, 1.807) is 0 Å². The zero-order chi connectivity index (χ0) is 9.45. The lowest BCUT2D eigenvalue weighted by Crippen LogP contribution is -2.13. The van der Waals surface area contributed by atoms with Crippen LogP contribution in [-0.4, -0.2) is 28.2 Å². The maximum absolute atomic E-state index is 10.7. The Morgan fingerprint density at radius 2 is 2.08 bits per heavy atom. The third-order valence-electron chi connectivity index (χ3n) is 0.906. The van der Waals surface area contributed by atoms with Gasteiger partial charge in [-0.3, -0.25) is 0 Å². The van der Waals surface area contributed by atoms with Gasteiger partial charge in [-0.1, -0.05) is 6.08 Å². The summed E-state index contributed by atoms with van der Waals surface area (Å²) in [6.07, 6.45) is 1.81. The molecule has 0 aromatic carbocycles. The predicted molar refractivity (Wildman–Crippen MR) is 44.7 cm³/mol. The van der Waals surface area contributed by atoms with E-state index in [4.69, 9.17) is 5.73 Å². The molecule has 0 saturated heterocycles. The molecule has 0 bridgehead atoms. The summed E-state index contributed by atoms with van der Waals surface area (Å²) >= 11 is 0. The van der Waals surface area contributed by atoms with Gasteiger partial charge < -0.3 is 5.73 Å². The summed E-state index contributed by atoms with van der Waals surface area (Å²) in [5.41, 5.74) is 5.13. The van der Waals surface area contributed by atoms with Crippen molar-refractivity contribution in [1.82, 2.24) is 0 Å². The molecule has 0 rings (SSSR count). The average molecular weight is 195 g/mol. The Hall–Kier alpha value is -0.430. The zero-order valence-electron chi connectivity index (χ0n) is 6.73. The highest BCUT2D eigenvalue weighted by Gasteiger charge is 2.09. The molecule has 0 aliphatic carbocycles. The first kappa shape index (κ1) is 11.6. The summed E-state index contributed by atoms with van der Waals surface area (Å²) in [4.78, 5) is 0. The number of hydrogen-bond donors (Lipinski definition) is 1. The first-order valence-corrected chi connectivity index (χ1v) is 4.80. The minimum absolute atomic E-state index is 0.0516. The van der Waals surface area contributed by atoms with E-state index < -0.39 is 10.4 Å². The Balaban J connectivity index is 3.64. The van der Waals surface area contributed by atoms with Crippen molar-refractivity contribution in [3.8, 4) is 0 Å². The van der Waals surface area contributed by atoms with Gasteiger partial charge >= 0.3 is 10.4 Å². The van der Waals surface area contributed by atoms with Crippen LogP contribution in [0.25, 0.3) is 0 Å². The van der Waals surface area contributed by atoms with E-state index in [-0.39, 0.29) is 13.2 Å². The molecule has 0 saturated carbocycles. The van der Waals surface area contributed by atoms with E-state index >= 15 is 0 Å². The normalized spacial score (nSPS) is 11.4. The molecule has 6 heteroatoms. The minimum atomic E-state index is -3.84. The second-order valence-corrected chi connectivity index (χ2v) is 3.23. The Morgan fingerprint density at radius 1 is 1.42 bits per heavy atom. The Morgan fingerprint density at radius 3 is 2.58 bits per heavy atom. The van der Waals surface area contributed by atoms with Gasteiger partial charge in [0, 0.05) is 0 Å². The van der Waals surface area contributed by atoms with E-state index in [2.05, 4.69) is 14.9 Å². The molecule has 0 atom stereocenters. The molecule has 72 valence electrons. The van der Waals surface area contributed by atoms with Gasteiger partial charge in [0.25, 0.3) is 0 Å². The van der Waals surface area contributed by atoms with Gasteiger partial charge in [-0.25, -0.2) is 8.37 Å². The Labute approximate surface area is 72.5 Å². The van der Waals surface area contributed by atoms with Crippen molar-refractivity contribution in [3.05, 3.63) is 12.7 Å². The quantitative estimate of drug-likeness (QED) is 0.449. The molecule has 0 aromatic heterocycles. The van der Waals surface area contributed by atoms with Gasteiger partial charge in [-0.15, -0.1) is 6.58 Å². The van der Waals surface area contributed by atoms with Crippen LogP contribution in [0.3, 0.4) is 0 Å². The third kappa shape index (κ3) is 6.29. The first-order chi connectivity index (χ1) is 5.62. The maximum Gasteiger partial charge on any atom is 0.400 e. The van der Waals surface area contributed by atoms with Crippen molar-refractivity contribution < 1.29 is 16.8 Å². The summed E-state index contributed by atoms with van der Waals surface area (Å²) in [5, 5.41) is 0. The summed E-state index contributed by atoms with van der Waals surface area (Å²) in [5.74, 6) is 0. The standard InChI is InChI=1S/C6H13NO4S/c1-2-5-10-12(8,9)11-6-3-4-7/h2H,1,3-7H2. The van der Waals surface area contributed by atoms with E-state index in [0.717, 1.165) is 0 Å². The fourth-order valence-electron chi connectivity index (χ4n) is 0.410. The molecule has 12 heavy (non-hydrogen) atoms. The van der Waals surface area contributed by atoms with Crippen LogP contribution < -0.4 is 5.73 Å². The van der Waals surface area contributed by atoms with Crippen molar-refractivity contribution in [2.24, 2.45) is 5.73 Å². The van der Waals surface area contributed by atoms with Gasteiger partial charge in [0.05, 0.1) is 13.2 Å². The Kier molecular flexibility index (Phi) is 5.91. The van der Waals surface area contributed by atoms with Gasteiger partial charge in [0.15, 0.2) is 0 Å². The van der Waals surface area contributed by atoms with Crippen LogP contribution >= 0.6 is 0 Å². The molecule has 5 nitrogen and oxygen atoms in total. The molecule has 0 aliphatic rings. The highest BCUT2D eigenvalue weighted by molar-refractivity contribution is 7.81. The molecule has 0 unspecified atom stereocenters. The van der Waals surface area contributed by atoms with Gasteiger partial charge in [0.2, 0.25) is 0 Å². The topological polar surface area (TPSA) is 78.6 Å². The Bertz CT molecular complexity index is 212. The second-order valence-electron chi connectivity index (χ2n) is 1.95. The molecule has 0 amide bonds. The monoisotopic (exact) mass is 195 g/mol. The van der Waals surface area contributed by atoms with Crippen LogP contribution in [0.15, 0.2) is 12.7 Å². The highest BCUT2D eigenvalue weighted by atomic mass is 32.3. The molecular formula is C6H13NO4S. The van der Waals surface area contributed by atoms with Crippen LogP contribution in [0.1, 0.15) is 6.42 Å². The summed E-state index contributed by atoms with van der Waals surface area (Å²) < 4.78 is 30.2. The zero-order valence-corrected chi connectivity index (χ0v) is 7.55. The molecule has 0 radical (unpaired) electrons. The maximum atomic E-state index is 10.7. The van der Waals surface area contributed by atoms with Crippen molar-refractivity contribution in [1.29, 1.82) is 0 Å². The predicted octanol–water partition coefficient (Wildman–Crippen LogP) is -0.201. The van der Waals surface area contributed by atoms with Crippen LogP contribution in [0.4, 0.5) is 0 Å². The van der Waals surface area contributed by atoms with Crippen molar-refractivity contribution in [3.63, 3.8) is 0 Å². The smallest absolute Gasteiger partial charge is 0.330 e. The molecule has 0 aromatic rings. The van der Waals surface area contributed by atoms with Crippen LogP contribution in [0, 0.1) is 0 Å². The van der Waals surface area contributed by atoms with E-state index in [1.807, 2.05) is 0 Å². The average Bonchev–Trinajstić information content (AvgIpc) is 2.01. The minimum Gasteiger partial charge on any atom is -0.330 e. The fourth-order valence-corrected chi connectivity index (χ4v) is 1.06. The lowest BCUT2D eigenvalue weighted by atomic mass is 10.5. The van der Waals surface area contributed by atoms with Crippen molar-refractivity contribution >= 4 is 10.4 Å².